The quantitative estimate of drug-likeness (QED) is 0.188. The summed E-state index contributed by atoms with van der Waals surface area (Å²) in [7, 11) is 0.0196. The van der Waals surface area contributed by atoms with E-state index in [9.17, 15) is 13.2 Å². The summed E-state index contributed by atoms with van der Waals surface area (Å²) in [5, 5.41) is 9.82. The predicted octanol–water partition coefficient (Wildman–Crippen LogP) is 2.62. The first-order chi connectivity index (χ1) is 17.8. The Kier molecular flexibility index (Phi) is 8.69. The monoisotopic (exact) mass is 547 g/mol. The van der Waals surface area contributed by atoms with Crippen LogP contribution in [0.4, 0.5) is 5.13 Å². The lowest BCUT2D eigenvalue weighted by atomic mass is 10.1. The van der Waals surface area contributed by atoms with Crippen molar-refractivity contribution in [1.29, 1.82) is 0 Å². The largest absolute Gasteiger partial charge is 0.476 e. The number of nitrogens with one attached hydrogen (secondary N) is 2. The summed E-state index contributed by atoms with van der Waals surface area (Å²) < 4.78 is 35.8. The first kappa shape index (κ1) is 26.9. The van der Waals surface area contributed by atoms with Crippen LogP contribution in [0.5, 0.6) is 5.88 Å². The van der Waals surface area contributed by atoms with Gasteiger partial charge in [-0.1, -0.05) is 28.6 Å². The average Bonchev–Trinajstić information content (AvgIpc) is 3.66. The Morgan fingerprint density at radius 3 is 2.62 bits per heavy atom. The molecule has 2 N–H and O–H groups in total. The third-order valence-electron chi connectivity index (χ3n) is 5.41. The van der Waals surface area contributed by atoms with Crippen molar-refractivity contribution >= 4 is 48.3 Å². The van der Waals surface area contributed by atoms with Gasteiger partial charge >= 0.3 is 0 Å². The summed E-state index contributed by atoms with van der Waals surface area (Å²) in [6, 6.07) is 9.56. The third-order valence-corrected chi connectivity index (χ3v) is 8.57. The normalized spacial score (nSPS) is 14.9. The minimum atomic E-state index is -3.35. The van der Waals surface area contributed by atoms with E-state index < -0.39 is 21.8 Å². The van der Waals surface area contributed by atoms with Crippen molar-refractivity contribution < 1.29 is 27.5 Å². The molecule has 0 radical (unpaired) electrons. The molecule has 0 unspecified atom stereocenters. The number of aromatic nitrogens is 2. The number of carbonyl (C=O) groups excluding carboxylic acids is 1. The van der Waals surface area contributed by atoms with Crippen molar-refractivity contribution in [3.63, 3.8) is 0 Å². The standard InChI is InChI=1S/C24H29N5O6S2/c1-15(14-33-3)35-29-21(16-4-6-17(7-5-16)37(31,32)18-8-9-18)22(30)28-24-26-19-10-11-20(27-23(19)36-24)34-13-12-25-2/h4-7,10-11,15,18,25H,8-9,12-14H2,1-3H3,(H,26,28,30)/t15-/m1/s1. The molecule has 1 aliphatic carbocycles. The molecule has 1 saturated carbocycles. The maximum Gasteiger partial charge on any atom is 0.280 e. The van der Waals surface area contributed by atoms with E-state index in [1.54, 1.807) is 31.2 Å². The second-order valence-electron chi connectivity index (χ2n) is 8.48. The lowest BCUT2D eigenvalue weighted by Gasteiger charge is -2.11. The molecule has 37 heavy (non-hydrogen) atoms. The molecule has 13 heteroatoms. The lowest BCUT2D eigenvalue weighted by molar-refractivity contribution is -0.110. The zero-order valence-corrected chi connectivity index (χ0v) is 22.4. The lowest BCUT2D eigenvalue weighted by Crippen LogP contribution is -2.25. The number of ether oxygens (including phenoxy) is 2. The molecule has 0 aliphatic heterocycles. The van der Waals surface area contributed by atoms with Gasteiger partial charge in [-0.25, -0.2) is 18.4 Å². The molecule has 1 aromatic carbocycles. The first-order valence-corrected chi connectivity index (χ1v) is 14.1. The van der Waals surface area contributed by atoms with Gasteiger partial charge in [0.2, 0.25) is 5.88 Å². The van der Waals surface area contributed by atoms with Crippen LogP contribution in [0.2, 0.25) is 0 Å². The Morgan fingerprint density at radius 2 is 1.95 bits per heavy atom. The molecule has 0 spiro atoms. The molecule has 0 bridgehead atoms. The number of fused-ring (bicyclic) bond motifs is 1. The van der Waals surface area contributed by atoms with Crippen LogP contribution < -0.4 is 15.4 Å². The summed E-state index contributed by atoms with van der Waals surface area (Å²) >= 11 is 1.20. The van der Waals surface area contributed by atoms with Crippen molar-refractivity contribution in [2.45, 2.75) is 36.0 Å². The van der Waals surface area contributed by atoms with Gasteiger partial charge in [0.25, 0.3) is 5.91 Å². The molecule has 0 saturated heterocycles. The summed E-state index contributed by atoms with van der Waals surface area (Å²) in [4.78, 5) is 28.4. The van der Waals surface area contributed by atoms with Gasteiger partial charge in [-0.05, 0) is 45.0 Å². The number of oxime groups is 1. The number of hydrogen-bond donors (Lipinski definition) is 2. The summed E-state index contributed by atoms with van der Waals surface area (Å²) in [5.41, 5.74) is 0.984. The number of nitrogens with zero attached hydrogens (tertiary/aromatic N) is 3. The van der Waals surface area contributed by atoms with Crippen molar-refractivity contribution in [2.75, 3.05) is 39.2 Å². The fourth-order valence-electron chi connectivity index (χ4n) is 3.35. The minimum Gasteiger partial charge on any atom is -0.476 e. The van der Waals surface area contributed by atoms with Gasteiger partial charge in [-0.3, -0.25) is 10.1 Å². The fourth-order valence-corrected chi connectivity index (χ4v) is 5.84. The number of likely N-dealkylation sites (N-methyl/N-ethyl adjacent to an activating group) is 1. The van der Waals surface area contributed by atoms with Gasteiger partial charge in [-0.2, -0.15) is 0 Å². The molecule has 1 amide bonds. The van der Waals surface area contributed by atoms with Crippen molar-refractivity contribution in [1.82, 2.24) is 15.3 Å². The second-order valence-corrected chi connectivity index (χ2v) is 11.7. The highest BCUT2D eigenvalue weighted by Crippen LogP contribution is 2.33. The number of sulfone groups is 1. The summed E-state index contributed by atoms with van der Waals surface area (Å²) in [5.74, 6) is -0.0970. The molecule has 198 valence electrons. The maximum atomic E-state index is 13.2. The smallest absolute Gasteiger partial charge is 0.280 e. The summed E-state index contributed by atoms with van der Waals surface area (Å²) in [6.07, 6.45) is 0.936. The maximum absolute atomic E-state index is 13.2. The Hall–Kier alpha value is -3.13. The van der Waals surface area contributed by atoms with E-state index in [-0.39, 0.29) is 22.5 Å². The number of anilines is 1. The number of benzene rings is 1. The molecule has 1 fully saturated rings. The SMILES string of the molecule is CNCCOc1ccc2nc(NC(=O)C(=NO[C@H](C)COC)c3ccc(S(=O)(=O)C4CC4)cc3)sc2n1. The third kappa shape index (κ3) is 6.80. The van der Waals surface area contributed by atoms with Gasteiger partial charge in [0, 0.05) is 25.3 Å². The van der Waals surface area contributed by atoms with Crippen molar-refractivity contribution in [3.05, 3.63) is 42.0 Å². The van der Waals surface area contributed by atoms with Crippen molar-refractivity contribution in [3.8, 4) is 5.88 Å². The van der Waals surface area contributed by atoms with Crippen molar-refractivity contribution in [2.24, 2.45) is 5.16 Å². The molecule has 3 aromatic rings. The summed E-state index contributed by atoms with van der Waals surface area (Å²) in [6.45, 7) is 3.19. The minimum absolute atomic E-state index is 0.0263. The highest BCUT2D eigenvalue weighted by molar-refractivity contribution is 7.92. The predicted molar refractivity (Wildman–Crippen MR) is 141 cm³/mol. The van der Waals surface area contributed by atoms with Crippen LogP contribution in [0.1, 0.15) is 25.3 Å². The van der Waals surface area contributed by atoms with E-state index in [1.165, 1.54) is 30.6 Å². The molecule has 4 rings (SSSR count). The Bertz CT molecular complexity index is 1370. The van der Waals surface area contributed by atoms with E-state index in [1.807, 2.05) is 7.05 Å². The Balaban J connectivity index is 1.55. The number of thiazole rings is 1. The number of amides is 1. The van der Waals surface area contributed by atoms with Crippen LogP contribution in [-0.4, -0.2) is 75.3 Å². The Labute approximate surface area is 219 Å². The van der Waals surface area contributed by atoms with E-state index in [2.05, 4.69) is 25.8 Å². The second kappa shape index (κ2) is 11.9. The van der Waals surface area contributed by atoms with Gasteiger partial charge in [-0.15, -0.1) is 0 Å². The van der Waals surface area contributed by atoms with Gasteiger partial charge in [0.05, 0.1) is 16.8 Å². The van der Waals surface area contributed by atoms with E-state index >= 15 is 0 Å². The van der Waals surface area contributed by atoms with E-state index in [0.717, 1.165) is 0 Å². The number of pyridine rings is 1. The topological polar surface area (TPSA) is 141 Å². The number of methoxy groups -OCH3 is 1. The zero-order chi connectivity index (χ0) is 26.4. The average molecular weight is 548 g/mol. The highest BCUT2D eigenvalue weighted by Gasteiger charge is 2.36. The van der Waals surface area contributed by atoms with E-state index in [0.29, 0.717) is 52.9 Å². The highest BCUT2D eigenvalue weighted by atomic mass is 32.2. The van der Waals surface area contributed by atoms with Crippen LogP contribution in [0.25, 0.3) is 10.3 Å². The molecule has 2 aromatic heterocycles. The molecule has 2 heterocycles. The van der Waals surface area contributed by atoms with Crippen LogP contribution in [-0.2, 0) is 24.2 Å². The molecule has 1 aliphatic rings. The number of rotatable bonds is 13. The van der Waals surface area contributed by atoms with Crippen LogP contribution in [0.15, 0.2) is 46.4 Å². The zero-order valence-electron chi connectivity index (χ0n) is 20.8. The molecule has 1 atom stereocenters. The fraction of sp³-hybridized carbons (Fsp3) is 0.417. The van der Waals surface area contributed by atoms with Gasteiger partial charge in [0.1, 0.15) is 23.1 Å². The van der Waals surface area contributed by atoms with Gasteiger partial charge < -0.3 is 19.6 Å². The number of hydrogen-bond acceptors (Lipinski definition) is 11. The number of carbonyl (C=O) groups is 1. The van der Waals surface area contributed by atoms with E-state index in [4.69, 9.17) is 14.3 Å². The van der Waals surface area contributed by atoms with Crippen LogP contribution in [0, 0.1) is 0 Å². The Morgan fingerprint density at radius 1 is 1.19 bits per heavy atom. The molecule has 11 nitrogen and oxygen atoms in total. The molecular weight excluding hydrogens is 518 g/mol. The molecular formula is C24H29N5O6S2. The first-order valence-electron chi connectivity index (χ1n) is 11.7. The van der Waals surface area contributed by atoms with Crippen LogP contribution >= 0.6 is 11.3 Å². The van der Waals surface area contributed by atoms with Crippen LogP contribution in [0.3, 0.4) is 0 Å². The van der Waals surface area contributed by atoms with Gasteiger partial charge in [0.15, 0.2) is 20.7 Å².